The van der Waals surface area contributed by atoms with E-state index in [0.29, 0.717) is 23.1 Å². The van der Waals surface area contributed by atoms with Crippen LogP contribution in [0, 0.1) is 12.7 Å². The largest absolute Gasteiger partial charge is 0.308 e. The van der Waals surface area contributed by atoms with Gasteiger partial charge >= 0.3 is 0 Å². The molecule has 3 rings (SSSR count). The van der Waals surface area contributed by atoms with Crippen molar-refractivity contribution in [2.75, 3.05) is 5.43 Å². The molecule has 0 amide bonds. The number of hydrogen-bond acceptors (Lipinski definition) is 4. The Bertz CT molecular complexity index is 651. The van der Waals surface area contributed by atoms with Crippen LogP contribution in [0.5, 0.6) is 0 Å². The maximum atomic E-state index is 13.4. The molecule has 4 nitrogen and oxygen atoms in total. The maximum absolute atomic E-state index is 13.4. The average Bonchev–Trinajstić information content (AvgIpc) is 3.04. The lowest BCUT2D eigenvalue weighted by Gasteiger charge is -2.12. The molecule has 5 heteroatoms. The molecule has 1 aliphatic rings. The summed E-state index contributed by atoms with van der Waals surface area (Å²) in [4.78, 5) is 9.07. The fourth-order valence-electron chi connectivity index (χ4n) is 2.88. The van der Waals surface area contributed by atoms with Gasteiger partial charge in [-0.1, -0.05) is 12.8 Å². The molecule has 0 saturated heterocycles. The van der Waals surface area contributed by atoms with Gasteiger partial charge in [0.1, 0.15) is 11.6 Å². The second-order valence-corrected chi connectivity index (χ2v) is 5.59. The highest BCUT2D eigenvalue weighted by Gasteiger charge is 2.20. The van der Waals surface area contributed by atoms with Crippen LogP contribution in [0.2, 0.25) is 0 Å². The van der Waals surface area contributed by atoms with Gasteiger partial charge in [-0.15, -0.1) is 0 Å². The Labute approximate surface area is 123 Å². The monoisotopic (exact) mass is 286 g/mol. The Balaban J connectivity index is 2.04. The minimum Gasteiger partial charge on any atom is -0.308 e. The van der Waals surface area contributed by atoms with E-state index in [-0.39, 0.29) is 5.82 Å². The molecule has 1 fully saturated rings. The van der Waals surface area contributed by atoms with Gasteiger partial charge in [-0.2, -0.15) is 0 Å². The third kappa shape index (κ3) is 2.88. The molecule has 1 heterocycles. The van der Waals surface area contributed by atoms with Crippen molar-refractivity contribution in [1.29, 1.82) is 0 Å². The van der Waals surface area contributed by atoms with Crippen molar-refractivity contribution in [2.24, 2.45) is 5.84 Å². The van der Waals surface area contributed by atoms with Crippen LogP contribution >= 0.6 is 0 Å². The highest BCUT2D eigenvalue weighted by molar-refractivity contribution is 5.58. The molecule has 0 bridgehead atoms. The summed E-state index contributed by atoms with van der Waals surface area (Å²) >= 11 is 0. The van der Waals surface area contributed by atoms with Gasteiger partial charge < -0.3 is 5.43 Å². The molecule has 0 spiro atoms. The zero-order chi connectivity index (χ0) is 14.8. The normalized spacial score (nSPS) is 15.4. The predicted octanol–water partition coefficient (Wildman–Crippen LogP) is 3.53. The van der Waals surface area contributed by atoms with Gasteiger partial charge in [-0.25, -0.2) is 20.2 Å². The molecule has 2 aromatic rings. The Kier molecular flexibility index (Phi) is 3.84. The first-order valence-corrected chi connectivity index (χ1v) is 7.29. The molecular formula is C16H19FN4. The first-order chi connectivity index (χ1) is 10.2. The van der Waals surface area contributed by atoms with Crippen molar-refractivity contribution in [2.45, 2.75) is 38.5 Å². The van der Waals surface area contributed by atoms with Crippen molar-refractivity contribution >= 4 is 5.82 Å². The molecule has 21 heavy (non-hydrogen) atoms. The van der Waals surface area contributed by atoms with Gasteiger partial charge in [0.15, 0.2) is 5.82 Å². The fourth-order valence-corrected chi connectivity index (χ4v) is 2.88. The van der Waals surface area contributed by atoms with Gasteiger partial charge in [-0.3, -0.25) is 0 Å². The molecule has 0 unspecified atom stereocenters. The summed E-state index contributed by atoms with van der Waals surface area (Å²) in [5.74, 6) is 6.96. The number of anilines is 1. The van der Waals surface area contributed by atoms with Gasteiger partial charge in [0, 0.05) is 23.2 Å². The van der Waals surface area contributed by atoms with Crippen LogP contribution in [0.15, 0.2) is 24.3 Å². The van der Waals surface area contributed by atoms with E-state index < -0.39 is 0 Å². The van der Waals surface area contributed by atoms with Crippen molar-refractivity contribution < 1.29 is 4.39 Å². The van der Waals surface area contributed by atoms with Gasteiger partial charge in [0.25, 0.3) is 0 Å². The number of nitrogens with zero attached hydrogens (tertiary/aromatic N) is 2. The van der Waals surface area contributed by atoms with Crippen LogP contribution in [0.3, 0.4) is 0 Å². The summed E-state index contributed by atoms with van der Waals surface area (Å²) in [6.07, 6.45) is 4.79. The van der Waals surface area contributed by atoms with Crippen LogP contribution in [-0.4, -0.2) is 9.97 Å². The standard InChI is InChI=1S/C16H19FN4/c1-10-8-12(6-7-13(10)17)16-19-14(9-15(20-16)21-18)11-4-2-3-5-11/h6-9,11H,2-5,18H2,1H3,(H,19,20,21). The van der Waals surface area contributed by atoms with Crippen LogP contribution in [0.25, 0.3) is 11.4 Å². The zero-order valence-corrected chi connectivity index (χ0v) is 12.1. The molecule has 0 aliphatic heterocycles. The number of rotatable bonds is 3. The summed E-state index contributed by atoms with van der Waals surface area (Å²) in [7, 11) is 0. The second kappa shape index (κ2) is 5.77. The molecule has 1 saturated carbocycles. The van der Waals surface area contributed by atoms with E-state index in [0.717, 1.165) is 24.1 Å². The number of hydrazine groups is 1. The maximum Gasteiger partial charge on any atom is 0.161 e. The van der Waals surface area contributed by atoms with Crippen molar-refractivity contribution in [3.63, 3.8) is 0 Å². The van der Waals surface area contributed by atoms with Crippen molar-refractivity contribution in [1.82, 2.24) is 9.97 Å². The number of halogens is 1. The van der Waals surface area contributed by atoms with E-state index in [1.165, 1.54) is 18.9 Å². The van der Waals surface area contributed by atoms with E-state index in [1.54, 1.807) is 19.1 Å². The first-order valence-electron chi connectivity index (χ1n) is 7.29. The number of nitrogen functional groups attached to an aromatic ring is 1. The lowest BCUT2D eigenvalue weighted by Crippen LogP contribution is -2.11. The third-order valence-corrected chi connectivity index (χ3v) is 4.08. The molecule has 1 aliphatic carbocycles. The highest BCUT2D eigenvalue weighted by atomic mass is 19.1. The van der Waals surface area contributed by atoms with Crippen molar-refractivity contribution in [3.8, 4) is 11.4 Å². The summed E-state index contributed by atoms with van der Waals surface area (Å²) in [5, 5.41) is 0. The molecule has 110 valence electrons. The third-order valence-electron chi connectivity index (χ3n) is 4.08. The molecule has 1 aromatic heterocycles. The zero-order valence-electron chi connectivity index (χ0n) is 12.1. The Morgan fingerprint density at radius 1 is 1.19 bits per heavy atom. The molecule has 0 atom stereocenters. The summed E-state index contributed by atoms with van der Waals surface area (Å²) in [5.41, 5.74) is 5.02. The molecule has 0 radical (unpaired) electrons. The SMILES string of the molecule is Cc1cc(-c2nc(NN)cc(C3CCCC3)n2)ccc1F. The Morgan fingerprint density at radius 3 is 2.62 bits per heavy atom. The lowest BCUT2D eigenvalue weighted by atomic mass is 10.0. The highest BCUT2D eigenvalue weighted by Crippen LogP contribution is 2.34. The molecular weight excluding hydrogens is 267 g/mol. The fraction of sp³-hybridized carbons (Fsp3) is 0.375. The number of nitrogens with two attached hydrogens (primary N) is 1. The Hall–Kier alpha value is -2.01. The van der Waals surface area contributed by atoms with E-state index in [2.05, 4.69) is 15.4 Å². The summed E-state index contributed by atoms with van der Waals surface area (Å²) < 4.78 is 13.4. The predicted molar refractivity (Wildman–Crippen MR) is 81.2 cm³/mol. The van der Waals surface area contributed by atoms with Crippen LogP contribution in [0.4, 0.5) is 10.2 Å². The van der Waals surface area contributed by atoms with Gasteiger partial charge in [-0.05, 0) is 43.5 Å². The first kappa shape index (κ1) is 13.9. The molecule has 1 aromatic carbocycles. The van der Waals surface area contributed by atoms with E-state index in [4.69, 9.17) is 5.84 Å². The topological polar surface area (TPSA) is 63.8 Å². The number of hydrogen-bond donors (Lipinski definition) is 2. The number of aryl methyl sites for hydroxylation is 1. The smallest absolute Gasteiger partial charge is 0.161 e. The van der Waals surface area contributed by atoms with E-state index in [1.807, 2.05) is 6.07 Å². The van der Waals surface area contributed by atoms with Gasteiger partial charge in [0.2, 0.25) is 0 Å². The van der Waals surface area contributed by atoms with E-state index >= 15 is 0 Å². The van der Waals surface area contributed by atoms with Crippen molar-refractivity contribution in [3.05, 3.63) is 41.3 Å². The lowest BCUT2D eigenvalue weighted by molar-refractivity contribution is 0.618. The minimum atomic E-state index is -0.220. The van der Waals surface area contributed by atoms with Crippen LogP contribution in [-0.2, 0) is 0 Å². The average molecular weight is 286 g/mol. The number of benzene rings is 1. The number of aromatic nitrogens is 2. The minimum absolute atomic E-state index is 0.220. The summed E-state index contributed by atoms with van der Waals surface area (Å²) in [6.45, 7) is 1.74. The quantitative estimate of drug-likeness (QED) is 0.669. The van der Waals surface area contributed by atoms with Crippen LogP contribution in [0.1, 0.15) is 42.9 Å². The second-order valence-electron chi connectivity index (χ2n) is 5.59. The van der Waals surface area contributed by atoms with Gasteiger partial charge in [0.05, 0.1) is 0 Å². The van der Waals surface area contributed by atoms with Crippen LogP contribution < -0.4 is 11.3 Å². The van der Waals surface area contributed by atoms with E-state index in [9.17, 15) is 4.39 Å². The summed E-state index contributed by atoms with van der Waals surface area (Å²) in [6, 6.07) is 6.83. The molecule has 3 N–H and O–H groups in total. The Morgan fingerprint density at radius 2 is 1.95 bits per heavy atom. The number of nitrogens with one attached hydrogen (secondary N) is 1.